The lowest BCUT2D eigenvalue weighted by molar-refractivity contribution is -0.384. The van der Waals surface area contributed by atoms with Crippen molar-refractivity contribution in [2.75, 3.05) is 0 Å². The Morgan fingerprint density at radius 3 is 2.35 bits per heavy atom. The predicted octanol–water partition coefficient (Wildman–Crippen LogP) is 3.12. The number of nitrogens with zero attached hydrogens (tertiary/aromatic N) is 2. The van der Waals surface area contributed by atoms with Gasteiger partial charge in [0.1, 0.15) is 0 Å². The average Bonchev–Trinajstić information content (AvgIpc) is 2.90. The van der Waals surface area contributed by atoms with E-state index in [1.54, 1.807) is 5.01 Å². The normalized spacial score (nSPS) is 23.2. The lowest BCUT2D eigenvalue weighted by atomic mass is 9.73. The molecule has 1 heterocycles. The molecule has 0 unspecified atom stereocenters. The van der Waals surface area contributed by atoms with Crippen molar-refractivity contribution >= 4 is 11.6 Å². The second-order valence-electron chi connectivity index (χ2n) is 7.62. The fraction of sp³-hybridized carbons (Fsp3) is 0.350. The van der Waals surface area contributed by atoms with E-state index < -0.39 is 4.92 Å². The molecule has 26 heavy (non-hydrogen) atoms. The van der Waals surface area contributed by atoms with Crippen LogP contribution in [0.4, 0.5) is 5.69 Å². The van der Waals surface area contributed by atoms with Crippen LogP contribution in [0, 0.1) is 16.0 Å². The third-order valence-corrected chi connectivity index (χ3v) is 5.79. The first kappa shape index (κ1) is 16.7. The Morgan fingerprint density at radius 1 is 1.12 bits per heavy atom. The third-order valence-electron chi connectivity index (χ3n) is 5.79. The molecule has 1 saturated heterocycles. The first-order chi connectivity index (χ1) is 12.4. The zero-order valence-electron chi connectivity index (χ0n) is 14.8. The number of non-ortho nitro benzene ring substituents is 1. The molecule has 1 aliphatic heterocycles. The van der Waals surface area contributed by atoms with E-state index in [2.05, 4.69) is 43.5 Å². The highest BCUT2D eigenvalue weighted by Gasteiger charge is 2.51. The number of nitro benzene ring substituents is 1. The van der Waals surface area contributed by atoms with Crippen molar-refractivity contribution < 1.29 is 9.72 Å². The number of nitrogens with one attached hydrogen (secondary N) is 1. The Morgan fingerprint density at radius 2 is 1.73 bits per heavy atom. The van der Waals surface area contributed by atoms with E-state index in [0.717, 1.165) is 12.8 Å². The summed E-state index contributed by atoms with van der Waals surface area (Å²) in [6.45, 7) is 4.17. The minimum absolute atomic E-state index is 0.0145. The van der Waals surface area contributed by atoms with Gasteiger partial charge in [0.25, 0.3) is 11.6 Å². The maximum Gasteiger partial charge on any atom is 0.269 e. The number of hydrogen-bond acceptors (Lipinski definition) is 4. The highest BCUT2D eigenvalue weighted by Crippen LogP contribution is 2.40. The fourth-order valence-electron chi connectivity index (χ4n) is 4.27. The van der Waals surface area contributed by atoms with Gasteiger partial charge in [-0.1, -0.05) is 24.3 Å². The van der Waals surface area contributed by atoms with Gasteiger partial charge in [0.15, 0.2) is 0 Å². The minimum atomic E-state index is -0.460. The van der Waals surface area contributed by atoms with E-state index >= 15 is 0 Å². The summed E-state index contributed by atoms with van der Waals surface area (Å²) in [6, 6.07) is 14.4. The maximum absolute atomic E-state index is 13.1. The van der Waals surface area contributed by atoms with Crippen LogP contribution in [0.25, 0.3) is 0 Å². The summed E-state index contributed by atoms with van der Waals surface area (Å²) in [6.07, 6.45) is 1.83. The molecule has 134 valence electrons. The van der Waals surface area contributed by atoms with Gasteiger partial charge in [-0.3, -0.25) is 19.9 Å². The van der Waals surface area contributed by atoms with Crippen LogP contribution in [-0.4, -0.2) is 27.4 Å². The van der Waals surface area contributed by atoms with Crippen molar-refractivity contribution in [3.05, 3.63) is 75.3 Å². The van der Waals surface area contributed by atoms with Crippen molar-refractivity contribution in [2.45, 2.75) is 38.3 Å². The molecular formula is C20H21N3O3. The van der Waals surface area contributed by atoms with Gasteiger partial charge < -0.3 is 0 Å². The summed E-state index contributed by atoms with van der Waals surface area (Å²) in [7, 11) is 0. The molecule has 2 aromatic carbocycles. The first-order valence-electron chi connectivity index (χ1n) is 8.80. The van der Waals surface area contributed by atoms with Crippen molar-refractivity contribution in [1.29, 1.82) is 0 Å². The summed E-state index contributed by atoms with van der Waals surface area (Å²) < 4.78 is 0. The topological polar surface area (TPSA) is 75.5 Å². The molecule has 1 N–H and O–H groups in total. The lowest BCUT2D eigenvalue weighted by Crippen LogP contribution is -2.50. The highest BCUT2D eigenvalue weighted by atomic mass is 16.6. The Kier molecular flexibility index (Phi) is 3.80. The van der Waals surface area contributed by atoms with Crippen molar-refractivity contribution in [2.24, 2.45) is 5.92 Å². The maximum atomic E-state index is 13.1. The van der Waals surface area contributed by atoms with Gasteiger partial charge in [0.2, 0.25) is 0 Å². The van der Waals surface area contributed by atoms with E-state index in [1.165, 1.54) is 35.4 Å². The lowest BCUT2D eigenvalue weighted by Gasteiger charge is -2.36. The van der Waals surface area contributed by atoms with E-state index in [4.69, 9.17) is 0 Å². The summed E-state index contributed by atoms with van der Waals surface area (Å²) in [5.74, 6) is 0.169. The van der Waals surface area contributed by atoms with Crippen molar-refractivity contribution in [3.63, 3.8) is 0 Å². The fourth-order valence-corrected chi connectivity index (χ4v) is 4.27. The van der Waals surface area contributed by atoms with Gasteiger partial charge in [-0.25, -0.2) is 5.43 Å². The second kappa shape index (κ2) is 5.92. The largest absolute Gasteiger partial charge is 0.269 e. The molecule has 0 radical (unpaired) electrons. The zero-order valence-corrected chi connectivity index (χ0v) is 14.8. The standard InChI is InChI=1S/C20H21N3O3/c1-20(2)17-11-14-5-3-4-6-15(14)12-18(17)21-22(20)19(24)13-7-9-16(10-8-13)23(25)26/h3-10,17-18,21H,11-12H2,1-2H3/t17-,18-/m0/s1. The molecule has 6 heteroatoms. The Balaban J connectivity index is 1.60. The summed E-state index contributed by atoms with van der Waals surface area (Å²) in [4.78, 5) is 23.4. The third kappa shape index (κ3) is 2.57. The van der Waals surface area contributed by atoms with Gasteiger partial charge in [0.05, 0.1) is 10.5 Å². The average molecular weight is 351 g/mol. The van der Waals surface area contributed by atoms with E-state index in [-0.39, 0.29) is 23.2 Å². The van der Waals surface area contributed by atoms with E-state index in [9.17, 15) is 14.9 Å². The number of benzene rings is 2. The van der Waals surface area contributed by atoms with Crippen molar-refractivity contribution in [1.82, 2.24) is 10.4 Å². The van der Waals surface area contributed by atoms with Gasteiger partial charge in [0, 0.05) is 29.7 Å². The number of amides is 1. The number of hydrazine groups is 1. The number of carbonyl (C=O) groups is 1. The number of fused-ring (bicyclic) bond motifs is 2. The van der Waals surface area contributed by atoms with Crippen LogP contribution >= 0.6 is 0 Å². The Hall–Kier alpha value is -2.73. The monoisotopic (exact) mass is 351 g/mol. The van der Waals surface area contributed by atoms with Crippen LogP contribution in [0.3, 0.4) is 0 Å². The number of carbonyl (C=O) groups excluding carboxylic acids is 1. The molecule has 1 aliphatic carbocycles. The van der Waals surface area contributed by atoms with Crippen LogP contribution in [0.1, 0.15) is 35.3 Å². The zero-order chi connectivity index (χ0) is 18.5. The molecular weight excluding hydrogens is 330 g/mol. The Bertz CT molecular complexity index is 876. The SMILES string of the molecule is CC1(C)[C@H]2Cc3ccccc3C[C@@H]2NN1C(=O)c1ccc([N+](=O)[O-])cc1. The molecule has 6 nitrogen and oxygen atoms in total. The van der Waals surface area contributed by atoms with Crippen LogP contribution in [0.2, 0.25) is 0 Å². The first-order valence-corrected chi connectivity index (χ1v) is 8.80. The van der Waals surface area contributed by atoms with Crippen LogP contribution in [0.5, 0.6) is 0 Å². The van der Waals surface area contributed by atoms with E-state index in [1.807, 2.05) is 0 Å². The number of hydrogen-bond donors (Lipinski definition) is 1. The molecule has 1 fully saturated rings. The van der Waals surface area contributed by atoms with Gasteiger partial charge in [-0.2, -0.15) is 0 Å². The molecule has 4 rings (SSSR count). The molecule has 2 atom stereocenters. The molecule has 2 aromatic rings. The van der Waals surface area contributed by atoms with Crippen LogP contribution < -0.4 is 5.43 Å². The predicted molar refractivity (Wildman–Crippen MR) is 97.6 cm³/mol. The molecule has 2 aliphatic rings. The Labute approximate surface area is 151 Å². The van der Waals surface area contributed by atoms with Gasteiger partial charge in [-0.05, 0) is 49.9 Å². The number of nitro groups is 1. The molecule has 0 spiro atoms. The van der Waals surface area contributed by atoms with Gasteiger partial charge in [-0.15, -0.1) is 0 Å². The van der Waals surface area contributed by atoms with E-state index in [0.29, 0.717) is 11.5 Å². The molecule has 1 amide bonds. The summed E-state index contributed by atoms with van der Waals surface area (Å²) >= 11 is 0. The highest BCUT2D eigenvalue weighted by molar-refractivity contribution is 5.94. The van der Waals surface area contributed by atoms with Crippen LogP contribution in [-0.2, 0) is 12.8 Å². The summed E-state index contributed by atoms with van der Waals surface area (Å²) in [5, 5.41) is 12.5. The summed E-state index contributed by atoms with van der Waals surface area (Å²) in [5.41, 5.74) is 6.19. The quantitative estimate of drug-likeness (QED) is 0.666. The smallest absolute Gasteiger partial charge is 0.268 e. The molecule has 0 aromatic heterocycles. The van der Waals surface area contributed by atoms with Gasteiger partial charge >= 0.3 is 0 Å². The molecule has 0 saturated carbocycles. The minimum Gasteiger partial charge on any atom is -0.268 e. The molecule has 0 bridgehead atoms. The number of rotatable bonds is 2. The second-order valence-corrected chi connectivity index (χ2v) is 7.62. The van der Waals surface area contributed by atoms with Crippen molar-refractivity contribution in [3.8, 4) is 0 Å². The van der Waals surface area contributed by atoms with Crippen LogP contribution in [0.15, 0.2) is 48.5 Å².